The quantitative estimate of drug-likeness (QED) is 0.534. The van der Waals surface area contributed by atoms with Crippen molar-refractivity contribution in [3.8, 4) is 5.75 Å². The molecule has 0 aliphatic rings. The van der Waals surface area contributed by atoms with E-state index in [0.29, 0.717) is 16.5 Å². The summed E-state index contributed by atoms with van der Waals surface area (Å²) < 4.78 is 21.7. The molecule has 19 heavy (non-hydrogen) atoms. The van der Waals surface area contributed by atoms with Crippen LogP contribution in [0.3, 0.4) is 0 Å². The van der Waals surface area contributed by atoms with E-state index < -0.39 is 13.2 Å². The lowest BCUT2D eigenvalue weighted by Gasteiger charge is -2.13. The van der Waals surface area contributed by atoms with Gasteiger partial charge in [-0.1, -0.05) is 18.2 Å². The van der Waals surface area contributed by atoms with E-state index in [-0.39, 0.29) is 17.8 Å². The zero-order chi connectivity index (χ0) is 14.0. The molecule has 1 atom stereocenters. The Labute approximate surface area is 114 Å². The largest absolute Gasteiger partial charge is 0.420 e. The molecule has 0 saturated carbocycles. The molecule has 0 aliphatic heterocycles. The van der Waals surface area contributed by atoms with Crippen LogP contribution in [0, 0.1) is 6.92 Å². The van der Waals surface area contributed by atoms with E-state index in [1.165, 1.54) is 0 Å². The van der Waals surface area contributed by atoms with E-state index in [2.05, 4.69) is 0 Å². The first-order valence-corrected chi connectivity index (χ1v) is 7.84. The second kappa shape index (κ2) is 5.37. The van der Waals surface area contributed by atoms with Gasteiger partial charge in [-0.2, -0.15) is 0 Å². The Bertz CT molecular complexity index is 709. The number of alkyl halides is 1. The summed E-state index contributed by atoms with van der Waals surface area (Å²) in [7, 11) is -3.94. The topological polar surface area (TPSA) is 76.7 Å². The summed E-state index contributed by atoms with van der Waals surface area (Å²) in [6.45, 7) is 1.63. The Hall–Kier alpha value is -1.29. The fourth-order valence-corrected chi connectivity index (χ4v) is 3.13. The van der Waals surface area contributed by atoms with Crippen molar-refractivity contribution in [2.75, 3.05) is 12.0 Å². The van der Waals surface area contributed by atoms with Crippen LogP contribution in [0.15, 0.2) is 33.5 Å². The second-order valence-electron chi connectivity index (χ2n) is 3.98. The van der Waals surface area contributed by atoms with Crippen LogP contribution in [0.4, 0.5) is 0 Å². The van der Waals surface area contributed by atoms with Gasteiger partial charge in [0.1, 0.15) is 5.58 Å². The first-order valence-electron chi connectivity index (χ1n) is 5.54. The third kappa shape index (κ3) is 3.00. The summed E-state index contributed by atoms with van der Waals surface area (Å²) in [6.07, 6.45) is -0.236. The molecule has 1 N–H and O–H groups in total. The van der Waals surface area contributed by atoms with Gasteiger partial charge in [-0.3, -0.25) is 0 Å². The highest BCUT2D eigenvalue weighted by Crippen LogP contribution is 2.43. The molecular weight excluding hydrogens is 291 g/mol. The van der Waals surface area contributed by atoms with E-state index in [1.807, 2.05) is 0 Å². The van der Waals surface area contributed by atoms with Crippen LogP contribution < -0.4 is 10.1 Å². The normalized spacial score (nSPS) is 14.3. The molecule has 0 radical (unpaired) electrons. The zero-order valence-corrected chi connectivity index (χ0v) is 11.8. The van der Waals surface area contributed by atoms with Crippen LogP contribution in [-0.2, 0) is 4.57 Å². The van der Waals surface area contributed by atoms with Gasteiger partial charge in [0.15, 0.2) is 0 Å². The van der Waals surface area contributed by atoms with Crippen molar-refractivity contribution < 1.29 is 18.4 Å². The average Bonchev–Trinajstić information content (AvgIpc) is 2.34. The van der Waals surface area contributed by atoms with Crippen LogP contribution in [-0.4, -0.2) is 16.9 Å². The van der Waals surface area contributed by atoms with Crippen molar-refractivity contribution in [2.24, 2.45) is 0 Å². The molecule has 0 bridgehead atoms. The number of hydrogen-bond donors (Lipinski definition) is 1. The van der Waals surface area contributed by atoms with Crippen molar-refractivity contribution in [3.63, 3.8) is 0 Å². The van der Waals surface area contributed by atoms with Gasteiger partial charge >= 0.3 is 13.2 Å². The highest BCUT2D eigenvalue weighted by Gasteiger charge is 2.24. The van der Waals surface area contributed by atoms with Crippen LogP contribution >= 0.6 is 19.2 Å². The van der Waals surface area contributed by atoms with Gasteiger partial charge in [-0.15, -0.1) is 11.6 Å². The van der Waals surface area contributed by atoms with Crippen LogP contribution in [0.25, 0.3) is 11.0 Å². The molecule has 0 aliphatic carbocycles. The lowest BCUT2D eigenvalue weighted by Crippen LogP contribution is -2.09. The van der Waals surface area contributed by atoms with E-state index in [9.17, 15) is 14.3 Å². The molecule has 1 heterocycles. The maximum atomic E-state index is 11.8. The van der Waals surface area contributed by atoms with E-state index in [4.69, 9.17) is 20.5 Å². The summed E-state index contributed by atoms with van der Waals surface area (Å²) in [4.78, 5) is 21.3. The fraction of sp³-hybridized carbons (Fsp3) is 0.250. The minimum Gasteiger partial charge on any atom is -0.420 e. The number of benzene rings is 1. The minimum absolute atomic E-state index is 0.0360. The maximum Gasteiger partial charge on any atom is 0.379 e. The van der Waals surface area contributed by atoms with Crippen molar-refractivity contribution in [1.82, 2.24) is 0 Å². The third-order valence-corrected chi connectivity index (χ3v) is 4.33. The van der Waals surface area contributed by atoms with E-state index in [1.54, 1.807) is 31.2 Å². The first kappa shape index (κ1) is 14.1. The Morgan fingerprint density at radius 1 is 1.42 bits per heavy atom. The first-order chi connectivity index (χ1) is 8.94. The molecular formula is C12H12ClO5P. The lowest BCUT2D eigenvalue weighted by molar-refractivity contribution is 0.370. The van der Waals surface area contributed by atoms with Crippen LogP contribution in [0.2, 0.25) is 0 Å². The molecule has 1 aromatic heterocycles. The minimum atomic E-state index is -3.94. The smallest absolute Gasteiger partial charge is 0.379 e. The molecule has 102 valence electrons. The standard InChI is InChI=1S/C12H12ClO5P/c1-8-9-4-2-3-5-10(9)17-12(14)11(8)18-19(15,16)7-6-13/h2-5H,6-7H2,1H3,(H,15,16). The highest BCUT2D eigenvalue weighted by molar-refractivity contribution is 7.53. The SMILES string of the molecule is Cc1c(OP(=O)(O)CCCl)c(=O)oc2ccccc12. The number of hydrogen-bond acceptors (Lipinski definition) is 4. The molecule has 0 spiro atoms. The predicted octanol–water partition coefficient (Wildman–Crippen LogP) is 2.90. The van der Waals surface area contributed by atoms with Crippen molar-refractivity contribution >= 4 is 30.2 Å². The van der Waals surface area contributed by atoms with Crippen LogP contribution in [0.5, 0.6) is 5.75 Å². The molecule has 0 fully saturated rings. The van der Waals surface area contributed by atoms with Gasteiger partial charge in [0, 0.05) is 16.8 Å². The molecule has 2 rings (SSSR count). The van der Waals surface area contributed by atoms with Crippen molar-refractivity contribution in [1.29, 1.82) is 0 Å². The number of rotatable bonds is 4. The Kier molecular flexibility index (Phi) is 3.99. The van der Waals surface area contributed by atoms with Gasteiger partial charge < -0.3 is 13.8 Å². The fourth-order valence-electron chi connectivity index (χ4n) is 1.69. The summed E-state index contributed by atoms with van der Waals surface area (Å²) in [6, 6.07) is 6.89. The van der Waals surface area contributed by atoms with Gasteiger partial charge in [0.05, 0.1) is 6.16 Å². The molecule has 5 nitrogen and oxygen atoms in total. The highest BCUT2D eigenvalue weighted by atomic mass is 35.5. The van der Waals surface area contributed by atoms with Crippen molar-refractivity contribution in [2.45, 2.75) is 6.92 Å². The predicted molar refractivity (Wildman–Crippen MR) is 73.3 cm³/mol. The Morgan fingerprint density at radius 2 is 2.11 bits per heavy atom. The summed E-state index contributed by atoms with van der Waals surface area (Å²) in [5.41, 5.74) is 0.0956. The Morgan fingerprint density at radius 3 is 2.79 bits per heavy atom. The molecule has 2 aromatic rings. The lowest BCUT2D eigenvalue weighted by atomic mass is 10.1. The van der Waals surface area contributed by atoms with E-state index in [0.717, 1.165) is 0 Å². The molecule has 1 aromatic carbocycles. The van der Waals surface area contributed by atoms with Gasteiger partial charge in [-0.05, 0) is 13.0 Å². The molecule has 0 amide bonds. The number of para-hydroxylation sites is 1. The molecule has 0 saturated heterocycles. The summed E-state index contributed by atoms with van der Waals surface area (Å²) in [5.74, 6) is -0.277. The number of aryl methyl sites for hydroxylation is 1. The zero-order valence-electron chi connectivity index (χ0n) is 10.1. The molecule has 7 heteroatoms. The second-order valence-corrected chi connectivity index (χ2v) is 6.26. The number of fused-ring (bicyclic) bond motifs is 1. The van der Waals surface area contributed by atoms with Gasteiger partial charge in [0.2, 0.25) is 5.75 Å². The average molecular weight is 303 g/mol. The van der Waals surface area contributed by atoms with Gasteiger partial charge in [-0.25, -0.2) is 9.36 Å². The van der Waals surface area contributed by atoms with E-state index >= 15 is 0 Å². The van der Waals surface area contributed by atoms with Gasteiger partial charge in [0.25, 0.3) is 0 Å². The van der Waals surface area contributed by atoms with Crippen molar-refractivity contribution in [3.05, 3.63) is 40.2 Å². The monoisotopic (exact) mass is 302 g/mol. The maximum absolute atomic E-state index is 11.8. The van der Waals surface area contributed by atoms with Crippen LogP contribution in [0.1, 0.15) is 5.56 Å². The summed E-state index contributed by atoms with van der Waals surface area (Å²) >= 11 is 5.41. The third-order valence-electron chi connectivity index (χ3n) is 2.62. The Balaban J connectivity index is 2.55. The molecule has 1 unspecified atom stereocenters. The number of halogens is 1. The summed E-state index contributed by atoms with van der Waals surface area (Å²) in [5, 5.41) is 0.656.